The van der Waals surface area contributed by atoms with Gasteiger partial charge in [-0.15, -0.1) is 11.5 Å². The molecule has 0 bridgehead atoms. The normalized spacial score (nSPS) is 8.60. The first-order chi connectivity index (χ1) is 6.69. The molecule has 0 aliphatic heterocycles. The number of rotatable bonds is 0. The molecular weight excluding hydrogens is 271 g/mol. The smallest absolute Gasteiger partial charge is 0.0743 e. The molecule has 5 nitrogen and oxygen atoms in total. The minimum absolute atomic E-state index is 0. The van der Waals surface area contributed by atoms with E-state index in [9.17, 15) is 0 Å². The van der Waals surface area contributed by atoms with Crippen molar-refractivity contribution in [2.45, 2.75) is 6.92 Å². The number of aryl methyl sites for hydroxylation is 1. The average Bonchev–Trinajstić information content (AvgIpc) is 2.48. The van der Waals surface area contributed by atoms with Gasteiger partial charge in [0.25, 0.3) is 0 Å². The zero-order valence-corrected chi connectivity index (χ0v) is 11.1. The fourth-order valence-electron chi connectivity index (χ4n) is 1.24. The van der Waals surface area contributed by atoms with Crippen LogP contribution in [0.25, 0.3) is 10.9 Å². The second kappa shape index (κ2) is 6.53. The molecule has 6 heteroatoms. The van der Waals surface area contributed by atoms with Gasteiger partial charge in [0.15, 0.2) is 0 Å². The van der Waals surface area contributed by atoms with Crippen LogP contribution in [-0.2, 0) is 32.7 Å². The van der Waals surface area contributed by atoms with Crippen molar-refractivity contribution in [3.05, 3.63) is 47.1 Å². The SMILES string of the molecule is O=N[O-].[CH2-]n1cc2cccc(C)c2n1.[Y]. The van der Waals surface area contributed by atoms with E-state index in [0.717, 1.165) is 16.2 Å². The van der Waals surface area contributed by atoms with E-state index in [-0.39, 0.29) is 32.7 Å². The molecule has 0 atom stereocenters. The fraction of sp³-hybridized carbons (Fsp3) is 0.111. The third-order valence-electron chi connectivity index (χ3n) is 1.79. The van der Waals surface area contributed by atoms with Crippen LogP contribution in [-0.4, -0.2) is 9.78 Å². The summed E-state index contributed by atoms with van der Waals surface area (Å²) in [6, 6.07) is 6.12. The van der Waals surface area contributed by atoms with Crippen molar-refractivity contribution in [1.29, 1.82) is 0 Å². The molecule has 15 heavy (non-hydrogen) atoms. The molecule has 1 radical (unpaired) electrons. The van der Waals surface area contributed by atoms with Gasteiger partial charge < -0.3 is 14.8 Å². The first-order valence-corrected chi connectivity index (χ1v) is 3.90. The molecule has 0 aliphatic carbocycles. The second-order valence-electron chi connectivity index (χ2n) is 2.76. The summed E-state index contributed by atoms with van der Waals surface area (Å²) >= 11 is 0. The van der Waals surface area contributed by atoms with Gasteiger partial charge in [-0.3, -0.25) is 0 Å². The number of fused-ring (bicyclic) bond motifs is 1. The van der Waals surface area contributed by atoms with Crippen LogP contribution < -0.4 is 0 Å². The zero-order valence-electron chi connectivity index (χ0n) is 8.25. The molecule has 0 spiro atoms. The predicted molar refractivity (Wildman–Crippen MR) is 54.4 cm³/mol. The zero-order chi connectivity index (χ0) is 10.6. The van der Waals surface area contributed by atoms with Crippen LogP contribution >= 0.6 is 0 Å². The van der Waals surface area contributed by atoms with Crippen LogP contribution in [0.5, 0.6) is 0 Å². The van der Waals surface area contributed by atoms with E-state index in [1.54, 1.807) is 4.68 Å². The Morgan fingerprint density at radius 1 is 1.53 bits per heavy atom. The van der Waals surface area contributed by atoms with Crippen molar-refractivity contribution >= 4 is 10.9 Å². The second-order valence-corrected chi connectivity index (χ2v) is 2.76. The molecule has 77 valence electrons. The van der Waals surface area contributed by atoms with Crippen molar-refractivity contribution in [2.24, 2.45) is 5.34 Å². The maximum absolute atomic E-state index is 8.00. The predicted octanol–water partition coefficient (Wildman–Crippen LogP) is 2.23. The minimum atomic E-state index is 0. The first kappa shape index (κ1) is 14.1. The van der Waals surface area contributed by atoms with Gasteiger partial charge in [-0.05, 0) is 12.5 Å². The molecule has 1 heterocycles. The Bertz CT molecular complexity index is 442. The average molecular weight is 280 g/mol. The van der Waals surface area contributed by atoms with E-state index in [2.05, 4.69) is 25.1 Å². The summed E-state index contributed by atoms with van der Waals surface area (Å²) in [4.78, 5) is 8.00. The van der Waals surface area contributed by atoms with Crippen LogP contribution in [0.2, 0.25) is 0 Å². The Hall–Kier alpha value is -0.936. The Labute approximate surface area is 112 Å². The van der Waals surface area contributed by atoms with Crippen molar-refractivity contribution < 1.29 is 32.7 Å². The molecule has 0 saturated carbocycles. The van der Waals surface area contributed by atoms with Gasteiger partial charge in [-0.25, -0.2) is 5.10 Å². The Kier molecular flexibility index (Phi) is 6.12. The maximum atomic E-state index is 8.00. The molecule has 2 aromatic rings. The molecular formula is C9H9N3O2Y-2. The van der Waals surface area contributed by atoms with Gasteiger partial charge in [-0.2, -0.15) is 7.05 Å². The van der Waals surface area contributed by atoms with Crippen LogP contribution in [0.3, 0.4) is 0 Å². The van der Waals surface area contributed by atoms with Gasteiger partial charge in [-0.1, -0.05) is 23.6 Å². The molecule has 0 fully saturated rings. The quantitative estimate of drug-likeness (QED) is 0.422. The van der Waals surface area contributed by atoms with E-state index in [0.29, 0.717) is 0 Å². The van der Waals surface area contributed by atoms with Gasteiger partial charge in [0.05, 0.1) is 5.52 Å². The standard InChI is InChI=1S/C9H9N2.HNO2.Y/c1-7-4-3-5-8-6-11(2)10-9(7)8;2-1-3;/h3-6H,2H2,1H3;(H,2,3);/q-1;;/p-1. The molecule has 0 aliphatic rings. The Balaban J connectivity index is 0.000000443. The summed E-state index contributed by atoms with van der Waals surface area (Å²) in [7, 11) is 3.70. The Morgan fingerprint density at radius 3 is 2.67 bits per heavy atom. The number of nitrogens with zero attached hydrogens (tertiary/aromatic N) is 3. The van der Waals surface area contributed by atoms with Crippen molar-refractivity contribution in [3.63, 3.8) is 0 Å². The molecule has 0 N–H and O–H groups in total. The van der Waals surface area contributed by atoms with Crippen molar-refractivity contribution in [1.82, 2.24) is 9.78 Å². The van der Waals surface area contributed by atoms with Gasteiger partial charge >= 0.3 is 0 Å². The van der Waals surface area contributed by atoms with E-state index in [4.69, 9.17) is 10.1 Å². The molecule has 0 amide bonds. The van der Waals surface area contributed by atoms with E-state index in [1.807, 2.05) is 18.3 Å². The maximum Gasteiger partial charge on any atom is 0.0743 e. The summed E-state index contributed by atoms with van der Waals surface area (Å²) in [6.45, 7) is 2.05. The number of aromatic nitrogens is 2. The Morgan fingerprint density at radius 2 is 2.13 bits per heavy atom. The van der Waals surface area contributed by atoms with E-state index < -0.39 is 0 Å². The van der Waals surface area contributed by atoms with Gasteiger partial charge in [0.2, 0.25) is 0 Å². The third kappa shape index (κ3) is 3.60. The summed E-state index contributed by atoms with van der Waals surface area (Å²) in [5.41, 5.74) is 2.24. The summed E-state index contributed by atoms with van der Waals surface area (Å²) < 4.78 is 1.59. The number of hydrogen-bond acceptors (Lipinski definition) is 4. The van der Waals surface area contributed by atoms with Crippen molar-refractivity contribution in [3.8, 4) is 0 Å². The number of benzene rings is 1. The topological polar surface area (TPSA) is 70.3 Å². The van der Waals surface area contributed by atoms with Gasteiger partial charge in [0, 0.05) is 32.7 Å². The monoisotopic (exact) mass is 280 g/mol. The summed E-state index contributed by atoms with van der Waals surface area (Å²) in [5, 5.41) is 14.4. The largest absolute Gasteiger partial charge is 0.444 e. The molecule has 2 rings (SSSR count). The summed E-state index contributed by atoms with van der Waals surface area (Å²) in [5.74, 6) is 0. The van der Waals surface area contributed by atoms with Crippen LogP contribution in [0.1, 0.15) is 5.56 Å². The van der Waals surface area contributed by atoms with Crippen LogP contribution in [0.15, 0.2) is 29.7 Å². The number of hydrogen-bond donors (Lipinski definition) is 0. The summed E-state index contributed by atoms with van der Waals surface area (Å²) in [6.07, 6.45) is 1.92. The molecule has 1 aromatic heterocycles. The van der Waals surface area contributed by atoms with Crippen LogP contribution in [0, 0.1) is 24.1 Å². The van der Waals surface area contributed by atoms with Crippen molar-refractivity contribution in [2.75, 3.05) is 0 Å². The minimum Gasteiger partial charge on any atom is -0.444 e. The van der Waals surface area contributed by atoms with E-state index >= 15 is 0 Å². The molecule has 0 saturated heterocycles. The molecule has 0 unspecified atom stereocenters. The van der Waals surface area contributed by atoms with Crippen LogP contribution in [0.4, 0.5) is 0 Å². The van der Waals surface area contributed by atoms with E-state index in [1.165, 1.54) is 5.56 Å². The first-order valence-electron chi connectivity index (χ1n) is 3.90. The fourth-order valence-corrected chi connectivity index (χ4v) is 1.24. The molecule has 1 aromatic carbocycles. The van der Waals surface area contributed by atoms with Gasteiger partial charge in [0.1, 0.15) is 0 Å². The third-order valence-corrected chi connectivity index (χ3v) is 1.79.